The number of carbonyl (C=O) groups excluding carboxylic acids is 1. The number of nitriles is 1. The molecule has 1 N–H and O–H groups in total. The van der Waals surface area contributed by atoms with Crippen LogP contribution in [0.15, 0.2) is 72.8 Å². The summed E-state index contributed by atoms with van der Waals surface area (Å²) >= 11 is 0. The van der Waals surface area contributed by atoms with E-state index in [4.69, 9.17) is 23.7 Å². The number of fused-ring (bicyclic) bond motifs is 2. The van der Waals surface area contributed by atoms with E-state index in [0.29, 0.717) is 31.4 Å². The zero-order valence-electron chi connectivity index (χ0n) is 27.7. The van der Waals surface area contributed by atoms with Gasteiger partial charge in [-0.1, -0.05) is 48.5 Å². The highest BCUT2D eigenvalue weighted by Gasteiger charge is 2.61. The molecule has 3 aromatic carbocycles. The smallest absolute Gasteiger partial charge is 0.311 e. The first-order valence-corrected chi connectivity index (χ1v) is 16.5. The van der Waals surface area contributed by atoms with Crippen LogP contribution in [0.1, 0.15) is 55.0 Å². The van der Waals surface area contributed by atoms with Crippen molar-refractivity contribution in [1.82, 2.24) is 15.2 Å². The fourth-order valence-corrected chi connectivity index (χ4v) is 7.24. The summed E-state index contributed by atoms with van der Waals surface area (Å²) in [5.41, 5.74) is 0.0471. The Bertz CT molecular complexity index is 1940. The average molecular weight is 683 g/mol. The van der Waals surface area contributed by atoms with E-state index in [2.05, 4.69) is 15.2 Å². The van der Waals surface area contributed by atoms with Crippen molar-refractivity contribution in [3.63, 3.8) is 0 Å². The summed E-state index contributed by atoms with van der Waals surface area (Å²) in [6.07, 6.45) is 1.80. The minimum atomic E-state index is -1.20. The largest absolute Gasteiger partial charge is 0.485 e. The van der Waals surface area contributed by atoms with Crippen molar-refractivity contribution in [2.45, 2.75) is 50.5 Å². The molecule has 0 spiro atoms. The van der Waals surface area contributed by atoms with Gasteiger partial charge >= 0.3 is 5.97 Å². The Morgan fingerprint density at radius 2 is 1.66 bits per heavy atom. The molecule has 2 bridgehead atoms. The highest BCUT2D eigenvalue weighted by molar-refractivity contribution is 5.78. The van der Waals surface area contributed by atoms with Crippen LogP contribution in [0.4, 0.5) is 8.78 Å². The van der Waals surface area contributed by atoms with E-state index in [9.17, 15) is 10.1 Å². The lowest BCUT2D eigenvalue weighted by Gasteiger charge is -2.29. The van der Waals surface area contributed by atoms with Crippen LogP contribution in [0, 0.1) is 28.4 Å². The first kappa shape index (κ1) is 33.3. The van der Waals surface area contributed by atoms with Crippen molar-refractivity contribution in [3.05, 3.63) is 101 Å². The molecule has 12 heteroatoms. The lowest BCUT2D eigenvalue weighted by molar-refractivity contribution is -0.152. The van der Waals surface area contributed by atoms with E-state index in [1.54, 1.807) is 18.2 Å². The fourth-order valence-electron chi connectivity index (χ4n) is 7.24. The Hall–Kier alpha value is -5.25. The van der Waals surface area contributed by atoms with Gasteiger partial charge in [-0.2, -0.15) is 19.0 Å². The van der Waals surface area contributed by atoms with Gasteiger partial charge in [0.25, 0.3) is 11.8 Å². The van der Waals surface area contributed by atoms with Gasteiger partial charge in [0.05, 0.1) is 30.3 Å². The third kappa shape index (κ3) is 6.30. The Morgan fingerprint density at radius 3 is 2.34 bits per heavy atom. The zero-order chi connectivity index (χ0) is 34.9. The number of nitrogens with zero attached hydrogens (tertiary/aromatic N) is 3. The summed E-state index contributed by atoms with van der Waals surface area (Å²) in [7, 11) is 3.29. The number of aromatic nitrogens is 1. The number of ether oxygens (including phenoxy) is 5. The van der Waals surface area contributed by atoms with Crippen LogP contribution in [-0.4, -0.2) is 48.7 Å². The molecule has 1 saturated heterocycles. The highest BCUT2D eigenvalue weighted by Crippen LogP contribution is 2.59. The normalized spacial score (nSPS) is 22.6. The third-order valence-electron chi connectivity index (χ3n) is 9.87. The molecule has 2 saturated carbocycles. The molecule has 7 rings (SSSR count). The molecule has 0 radical (unpaired) electrons. The van der Waals surface area contributed by atoms with Crippen molar-refractivity contribution in [3.8, 4) is 40.8 Å². The second-order valence-corrected chi connectivity index (χ2v) is 13.0. The number of rotatable bonds is 11. The van der Waals surface area contributed by atoms with Crippen LogP contribution in [0.25, 0.3) is 0 Å². The van der Waals surface area contributed by atoms with Crippen LogP contribution in [-0.2, 0) is 16.1 Å². The summed E-state index contributed by atoms with van der Waals surface area (Å²) in [4.78, 5) is 19.0. The molecule has 3 aliphatic rings. The van der Waals surface area contributed by atoms with Crippen molar-refractivity contribution in [2.75, 3.05) is 27.2 Å². The molecule has 0 amide bonds. The van der Waals surface area contributed by atoms with E-state index in [-0.39, 0.29) is 42.2 Å². The molecule has 2 heterocycles. The molecular formula is C38H36F2N4O6. The number of para-hydroxylation sites is 1. The number of halogens is 2. The van der Waals surface area contributed by atoms with Gasteiger partial charge < -0.3 is 23.7 Å². The SMILES string of the molecule is COC(=O)C12CCC(Oc3c(F)c(Oc4cc(C#N)ccc4OCc4ccccc4)nc(Oc4ccccc4C4NCCN4C)c3F)(CC1)C2. The molecule has 1 aliphatic heterocycles. The van der Waals surface area contributed by atoms with E-state index in [0.717, 1.165) is 24.2 Å². The third-order valence-corrected chi connectivity index (χ3v) is 9.87. The predicted molar refractivity (Wildman–Crippen MR) is 177 cm³/mol. The number of hydrogen-bond donors (Lipinski definition) is 1. The van der Waals surface area contributed by atoms with Crippen molar-refractivity contribution in [1.29, 1.82) is 5.26 Å². The highest BCUT2D eigenvalue weighted by atomic mass is 19.1. The van der Waals surface area contributed by atoms with Crippen molar-refractivity contribution < 1.29 is 37.3 Å². The number of carbonyl (C=O) groups is 1. The van der Waals surface area contributed by atoms with Gasteiger partial charge in [-0.05, 0) is 56.5 Å². The number of likely N-dealkylation sites (N-methyl/N-ethyl adjacent to an activating group) is 1. The molecule has 50 heavy (non-hydrogen) atoms. The number of benzene rings is 3. The fraction of sp³-hybridized carbons (Fsp3) is 0.342. The Morgan fingerprint density at radius 1 is 0.960 bits per heavy atom. The summed E-state index contributed by atoms with van der Waals surface area (Å²) < 4.78 is 62.6. The second kappa shape index (κ2) is 13.6. The Balaban J connectivity index is 1.28. The van der Waals surface area contributed by atoms with Crippen LogP contribution >= 0.6 is 0 Å². The molecule has 1 aromatic heterocycles. The van der Waals surface area contributed by atoms with Crippen LogP contribution in [0.2, 0.25) is 0 Å². The topological polar surface area (TPSA) is 115 Å². The summed E-state index contributed by atoms with van der Waals surface area (Å²) in [5, 5.41) is 13.0. The number of pyridine rings is 1. The molecule has 1 atom stereocenters. The van der Waals surface area contributed by atoms with Gasteiger partial charge in [0.2, 0.25) is 17.4 Å². The first-order valence-electron chi connectivity index (χ1n) is 16.5. The maximum Gasteiger partial charge on any atom is 0.311 e. The molecular weight excluding hydrogens is 646 g/mol. The molecule has 10 nitrogen and oxygen atoms in total. The monoisotopic (exact) mass is 682 g/mol. The van der Waals surface area contributed by atoms with Crippen LogP contribution in [0.5, 0.6) is 34.8 Å². The first-order chi connectivity index (χ1) is 24.2. The van der Waals surface area contributed by atoms with Crippen molar-refractivity contribution >= 4 is 5.97 Å². The van der Waals surface area contributed by atoms with E-state index >= 15 is 8.78 Å². The van der Waals surface area contributed by atoms with Gasteiger partial charge in [-0.25, -0.2) is 0 Å². The number of hydrogen-bond acceptors (Lipinski definition) is 10. The molecule has 1 unspecified atom stereocenters. The molecule has 3 fully saturated rings. The summed E-state index contributed by atoms with van der Waals surface area (Å²) in [5.74, 6) is -4.16. The van der Waals surface area contributed by atoms with Crippen molar-refractivity contribution in [2.24, 2.45) is 5.41 Å². The summed E-state index contributed by atoms with van der Waals surface area (Å²) in [6.45, 7) is 1.71. The minimum Gasteiger partial charge on any atom is -0.485 e. The van der Waals surface area contributed by atoms with Gasteiger partial charge in [0, 0.05) is 31.1 Å². The minimum absolute atomic E-state index is 0.0170. The van der Waals surface area contributed by atoms with Gasteiger partial charge in [0.1, 0.15) is 18.0 Å². The van der Waals surface area contributed by atoms with Crippen LogP contribution < -0.4 is 24.3 Å². The average Bonchev–Trinajstić information content (AvgIpc) is 3.86. The van der Waals surface area contributed by atoms with Gasteiger partial charge in [-0.15, -0.1) is 0 Å². The van der Waals surface area contributed by atoms with E-state index < -0.39 is 40.2 Å². The number of nitrogens with one attached hydrogen (secondary N) is 1. The number of methoxy groups -OCH3 is 1. The second-order valence-electron chi connectivity index (χ2n) is 13.0. The molecule has 258 valence electrons. The molecule has 4 aromatic rings. The van der Waals surface area contributed by atoms with Gasteiger partial charge in [0.15, 0.2) is 11.5 Å². The lowest BCUT2D eigenvalue weighted by atomic mass is 9.84. The maximum absolute atomic E-state index is 16.6. The van der Waals surface area contributed by atoms with Crippen LogP contribution in [0.3, 0.4) is 0 Å². The molecule has 2 aliphatic carbocycles. The quantitative estimate of drug-likeness (QED) is 0.163. The standard InChI is InChI=1S/C38H36F2N4O6/c1-44-19-18-42-33(44)26-10-6-7-11-27(26)48-34-30(39)32(50-38-16-14-37(23-38,15-17-38)36(45)46-2)31(40)35(43-34)49-29-20-25(21-41)12-13-28(29)47-22-24-8-4-3-5-9-24/h3-13,20,33,42H,14-19,22-23H2,1-2H3. The van der Waals surface area contributed by atoms with Gasteiger partial charge in [-0.3, -0.25) is 15.0 Å². The maximum atomic E-state index is 16.6. The Labute approximate surface area is 288 Å². The summed E-state index contributed by atoms with van der Waals surface area (Å²) in [6, 6.07) is 23.0. The lowest BCUT2D eigenvalue weighted by Crippen LogP contribution is -2.31. The van der Waals surface area contributed by atoms with E-state index in [1.807, 2.05) is 55.6 Å². The number of esters is 1. The van der Waals surface area contributed by atoms with E-state index in [1.165, 1.54) is 19.2 Å². The zero-order valence-corrected chi connectivity index (χ0v) is 27.7. The predicted octanol–water partition coefficient (Wildman–Crippen LogP) is 7.18. The Kier molecular flexibility index (Phi) is 9.03.